The van der Waals surface area contributed by atoms with E-state index in [2.05, 4.69) is 15.9 Å². The topological polar surface area (TPSA) is 59.0 Å². The number of halogens is 2. The standard InChI is InChI=1S/C16H14BrFN2O/c1-10-2-14(17)6-13(8-20)16(10)21-9-12-3-11(7-19)4-15(18)5-12/h2-6H,8-9,20H2,1H3. The molecule has 3 nitrogen and oxygen atoms in total. The zero-order valence-corrected chi connectivity index (χ0v) is 13.1. The van der Waals surface area contributed by atoms with Crippen molar-refractivity contribution in [2.45, 2.75) is 20.1 Å². The van der Waals surface area contributed by atoms with E-state index in [0.29, 0.717) is 17.9 Å². The molecule has 0 bridgehead atoms. The quantitative estimate of drug-likeness (QED) is 0.913. The Hall–Kier alpha value is -1.90. The zero-order chi connectivity index (χ0) is 15.4. The summed E-state index contributed by atoms with van der Waals surface area (Å²) in [4.78, 5) is 0. The van der Waals surface area contributed by atoms with Crippen LogP contribution in [0.2, 0.25) is 0 Å². The molecule has 2 rings (SSSR count). The van der Waals surface area contributed by atoms with Crippen LogP contribution < -0.4 is 10.5 Å². The van der Waals surface area contributed by atoms with Gasteiger partial charge < -0.3 is 10.5 Å². The number of benzene rings is 2. The molecular formula is C16H14BrFN2O. The third-order valence-corrected chi connectivity index (χ3v) is 3.46. The molecule has 0 heterocycles. The van der Waals surface area contributed by atoms with Crippen molar-refractivity contribution in [1.82, 2.24) is 0 Å². The third kappa shape index (κ3) is 3.81. The first-order valence-electron chi connectivity index (χ1n) is 6.35. The maximum absolute atomic E-state index is 13.4. The Bertz CT molecular complexity index is 710. The van der Waals surface area contributed by atoms with Crippen molar-refractivity contribution in [3.63, 3.8) is 0 Å². The summed E-state index contributed by atoms with van der Waals surface area (Å²) in [5.41, 5.74) is 8.43. The molecule has 0 amide bonds. The van der Waals surface area contributed by atoms with Gasteiger partial charge in [-0.2, -0.15) is 5.26 Å². The van der Waals surface area contributed by atoms with Gasteiger partial charge in [0, 0.05) is 16.6 Å². The fourth-order valence-electron chi connectivity index (χ4n) is 2.11. The minimum atomic E-state index is -0.445. The van der Waals surface area contributed by atoms with Gasteiger partial charge in [0.1, 0.15) is 18.2 Å². The van der Waals surface area contributed by atoms with Gasteiger partial charge in [-0.15, -0.1) is 0 Å². The van der Waals surface area contributed by atoms with E-state index < -0.39 is 5.82 Å². The van der Waals surface area contributed by atoms with Crippen LogP contribution in [0, 0.1) is 24.1 Å². The van der Waals surface area contributed by atoms with E-state index in [0.717, 1.165) is 15.6 Å². The van der Waals surface area contributed by atoms with Crippen LogP contribution in [0.4, 0.5) is 4.39 Å². The highest BCUT2D eigenvalue weighted by atomic mass is 79.9. The van der Waals surface area contributed by atoms with Gasteiger partial charge >= 0.3 is 0 Å². The van der Waals surface area contributed by atoms with Gasteiger partial charge in [-0.05, 0) is 48.4 Å². The lowest BCUT2D eigenvalue weighted by Gasteiger charge is -2.14. The number of ether oxygens (including phenoxy) is 1. The van der Waals surface area contributed by atoms with Crippen molar-refractivity contribution in [2.24, 2.45) is 5.73 Å². The van der Waals surface area contributed by atoms with Crippen LogP contribution in [0.15, 0.2) is 34.8 Å². The van der Waals surface area contributed by atoms with Crippen molar-refractivity contribution in [3.05, 3.63) is 62.9 Å². The number of hydrogen-bond acceptors (Lipinski definition) is 3. The Labute approximate surface area is 131 Å². The first-order valence-corrected chi connectivity index (χ1v) is 7.14. The smallest absolute Gasteiger partial charge is 0.127 e. The van der Waals surface area contributed by atoms with Crippen LogP contribution in [0.25, 0.3) is 0 Å². The number of hydrogen-bond donors (Lipinski definition) is 1. The molecule has 0 saturated heterocycles. The van der Waals surface area contributed by atoms with Gasteiger partial charge in [0.25, 0.3) is 0 Å². The van der Waals surface area contributed by atoms with Gasteiger partial charge in [0.05, 0.1) is 11.6 Å². The second kappa shape index (κ2) is 6.70. The monoisotopic (exact) mass is 348 g/mol. The Kier molecular flexibility index (Phi) is 4.94. The van der Waals surface area contributed by atoms with Gasteiger partial charge in [-0.1, -0.05) is 15.9 Å². The number of rotatable bonds is 4. The number of nitrogens with zero attached hydrogens (tertiary/aromatic N) is 1. The molecule has 0 fully saturated rings. The second-order valence-electron chi connectivity index (χ2n) is 4.66. The molecule has 21 heavy (non-hydrogen) atoms. The SMILES string of the molecule is Cc1cc(Br)cc(CN)c1OCc1cc(F)cc(C#N)c1. The van der Waals surface area contributed by atoms with Gasteiger partial charge in [-0.3, -0.25) is 0 Å². The van der Waals surface area contributed by atoms with Crippen LogP contribution in [0.3, 0.4) is 0 Å². The summed E-state index contributed by atoms with van der Waals surface area (Å²) in [5.74, 6) is 0.252. The highest BCUT2D eigenvalue weighted by Crippen LogP contribution is 2.28. The van der Waals surface area contributed by atoms with Crippen LogP contribution in [-0.2, 0) is 13.2 Å². The summed E-state index contributed by atoms with van der Waals surface area (Å²) < 4.78 is 20.1. The molecule has 0 saturated carbocycles. The Morgan fingerprint density at radius 1 is 1.29 bits per heavy atom. The van der Waals surface area contributed by atoms with Crippen molar-refractivity contribution in [1.29, 1.82) is 5.26 Å². The van der Waals surface area contributed by atoms with Crippen LogP contribution in [0.5, 0.6) is 5.75 Å². The molecule has 0 spiro atoms. The molecule has 2 aromatic rings. The van der Waals surface area contributed by atoms with Gasteiger partial charge in [-0.25, -0.2) is 4.39 Å². The van der Waals surface area contributed by atoms with Crippen molar-refractivity contribution in [2.75, 3.05) is 0 Å². The van der Waals surface area contributed by atoms with Crippen LogP contribution in [-0.4, -0.2) is 0 Å². The molecule has 0 atom stereocenters. The summed E-state index contributed by atoms with van der Waals surface area (Å²) in [7, 11) is 0. The molecule has 2 aromatic carbocycles. The maximum atomic E-state index is 13.4. The lowest BCUT2D eigenvalue weighted by Crippen LogP contribution is -2.05. The molecule has 0 unspecified atom stereocenters. The van der Waals surface area contributed by atoms with Gasteiger partial charge in [0.2, 0.25) is 0 Å². The lowest BCUT2D eigenvalue weighted by atomic mass is 10.1. The molecular weight excluding hydrogens is 335 g/mol. The largest absolute Gasteiger partial charge is 0.488 e. The van der Waals surface area contributed by atoms with Crippen LogP contribution in [0.1, 0.15) is 22.3 Å². The average molecular weight is 349 g/mol. The van der Waals surface area contributed by atoms with Crippen LogP contribution >= 0.6 is 15.9 Å². The molecule has 0 aliphatic carbocycles. The van der Waals surface area contributed by atoms with E-state index in [4.69, 9.17) is 15.7 Å². The molecule has 5 heteroatoms. The lowest BCUT2D eigenvalue weighted by molar-refractivity contribution is 0.300. The fourth-order valence-corrected chi connectivity index (χ4v) is 2.73. The van der Waals surface area contributed by atoms with Crippen molar-refractivity contribution in [3.8, 4) is 11.8 Å². The Morgan fingerprint density at radius 2 is 2.05 bits per heavy atom. The van der Waals surface area contributed by atoms with Crippen molar-refractivity contribution >= 4 is 15.9 Å². The van der Waals surface area contributed by atoms with E-state index in [1.165, 1.54) is 12.1 Å². The predicted octanol–water partition coefficient (Wildman–Crippen LogP) is 3.81. The summed E-state index contributed by atoms with van der Waals surface area (Å²) in [6.45, 7) is 2.45. The summed E-state index contributed by atoms with van der Waals surface area (Å²) in [6, 6.07) is 9.92. The minimum absolute atomic E-state index is 0.182. The number of nitriles is 1. The molecule has 0 aliphatic rings. The highest BCUT2D eigenvalue weighted by Gasteiger charge is 2.09. The van der Waals surface area contributed by atoms with Crippen molar-refractivity contribution < 1.29 is 9.13 Å². The van der Waals surface area contributed by atoms with E-state index in [9.17, 15) is 4.39 Å². The molecule has 0 aromatic heterocycles. The Balaban J connectivity index is 2.25. The normalized spacial score (nSPS) is 10.2. The number of nitrogens with two attached hydrogens (primary N) is 1. The molecule has 2 N–H and O–H groups in total. The molecule has 0 radical (unpaired) electrons. The predicted molar refractivity (Wildman–Crippen MR) is 82.2 cm³/mol. The minimum Gasteiger partial charge on any atom is -0.488 e. The Morgan fingerprint density at radius 3 is 2.71 bits per heavy atom. The molecule has 0 aliphatic heterocycles. The zero-order valence-electron chi connectivity index (χ0n) is 11.5. The third-order valence-electron chi connectivity index (χ3n) is 3.01. The summed E-state index contributed by atoms with van der Waals surface area (Å²) in [5, 5.41) is 8.85. The average Bonchev–Trinajstić information content (AvgIpc) is 2.44. The second-order valence-corrected chi connectivity index (χ2v) is 5.58. The van der Waals surface area contributed by atoms with E-state index >= 15 is 0 Å². The number of aryl methyl sites for hydroxylation is 1. The highest BCUT2D eigenvalue weighted by molar-refractivity contribution is 9.10. The molecule has 108 valence electrons. The van der Waals surface area contributed by atoms with Gasteiger partial charge in [0.15, 0.2) is 0 Å². The first-order chi connectivity index (χ1) is 10.0. The fraction of sp³-hybridized carbons (Fsp3) is 0.188. The summed E-state index contributed by atoms with van der Waals surface area (Å²) in [6.07, 6.45) is 0. The maximum Gasteiger partial charge on any atom is 0.127 e. The van der Waals surface area contributed by atoms with E-state index in [1.807, 2.05) is 25.1 Å². The van der Waals surface area contributed by atoms with E-state index in [-0.39, 0.29) is 12.2 Å². The first kappa shape index (κ1) is 15.5. The summed E-state index contributed by atoms with van der Waals surface area (Å²) >= 11 is 3.42. The van der Waals surface area contributed by atoms with E-state index in [1.54, 1.807) is 6.07 Å².